The fourth-order valence-corrected chi connectivity index (χ4v) is 4.69. The minimum absolute atomic E-state index is 0. The van der Waals surface area contributed by atoms with Crippen LogP contribution in [0.25, 0.3) is 0 Å². The van der Waals surface area contributed by atoms with Crippen LogP contribution in [-0.4, -0.2) is 99.3 Å². The zero-order valence-corrected chi connectivity index (χ0v) is 20.4. The van der Waals surface area contributed by atoms with Gasteiger partial charge in [-0.2, -0.15) is 0 Å². The lowest BCUT2D eigenvalue weighted by Gasteiger charge is -2.31. The maximum Gasteiger partial charge on any atom is 0.193 e. The molecule has 164 valence electrons. The third-order valence-corrected chi connectivity index (χ3v) is 6.49. The highest BCUT2D eigenvalue weighted by molar-refractivity contribution is 14.0. The number of hydrogen-bond donors (Lipinski definition) is 1. The molecule has 0 amide bonds. The average molecular weight is 508 g/mol. The molecule has 3 fully saturated rings. The molecule has 3 heterocycles. The first-order chi connectivity index (χ1) is 13.3. The Hall–Kier alpha value is -0.120. The van der Waals surface area contributed by atoms with Crippen LogP contribution < -0.4 is 5.32 Å². The topological polar surface area (TPSA) is 43.3 Å². The van der Waals surface area contributed by atoms with Crippen LogP contribution in [0.1, 0.15) is 39.5 Å². The summed E-state index contributed by atoms with van der Waals surface area (Å²) in [6, 6.07) is 0. The Balaban J connectivity index is 0.00000280. The van der Waals surface area contributed by atoms with E-state index in [0.717, 1.165) is 70.3 Å². The lowest BCUT2D eigenvalue weighted by atomic mass is 9.94. The molecule has 6 nitrogen and oxygen atoms in total. The number of halogens is 1. The molecule has 3 aliphatic rings. The summed E-state index contributed by atoms with van der Waals surface area (Å²) in [5.41, 5.74) is 0. The second-order valence-electron chi connectivity index (χ2n) is 8.42. The Morgan fingerprint density at radius 2 is 1.68 bits per heavy atom. The number of nitrogens with one attached hydrogen (secondary N) is 1. The lowest BCUT2D eigenvalue weighted by molar-refractivity contribution is 0.0315. The van der Waals surface area contributed by atoms with Crippen molar-refractivity contribution in [3.05, 3.63) is 0 Å². The SMILES string of the molecule is CCNC(=NCCC1CCN(CC)CC1)N1CCC(CN2CCOCC2)C1.I. The molecule has 0 bridgehead atoms. The Morgan fingerprint density at radius 3 is 2.36 bits per heavy atom. The van der Waals surface area contributed by atoms with Gasteiger partial charge in [0, 0.05) is 45.8 Å². The normalized spacial score (nSPS) is 25.7. The van der Waals surface area contributed by atoms with Crippen molar-refractivity contribution in [2.75, 3.05) is 78.7 Å². The second-order valence-corrected chi connectivity index (χ2v) is 8.42. The minimum Gasteiger partial charge on any atom is -0.379 e. The highest BCUT2D eigenvalue weighted by Gasteiger charge is 2.27. The van der Waals surface area contributed by atoms with Crippen molar-refractivity contribution in [1.29, 1.82) is 0 Å². The predicted molar refractivity (Wildman–Crippen MR) is 128 cm³/mol. The van der Waals surface area contributed by atoms with Gasteiger partial charge in [-0.1, -0.05) is 6.92 Å². The van der Waals surface area contributed by atoms with Crippen molar-refractivity contribution in [1.82, 2.24) is 20.0 Å². The molecule has 1 N–H and O–H groups in total. The molecule has 3 rings (SSSR count). The molecule has 0 aromatic heterocycles. The standard InChI is InChI=1S/C21H41N5O.HI/c1-3-22-21(23-9-5-19-6-10-24(4-2)11-7-19)26-12-8-20(18-26)17-25-13-15-27-16-14-25;/h19-20H,3-18H2,1-2H3,(H,22,23);1H. The number of guanidine groups is 1. The van der Waals surface area contributed by atoms with Crippen LogP contribution in [0.4, 0.5) is 0 Å². The number of likely N-dealkylation sites (tertiary alicyclic amines) is 2. The Morgan fingerprint density at radius 1 is 0.964 bits per heavy atom. The van der Waals surface area contributed by atoms with E-state index in [4.69, 9.17) is 9.73 Å². The summed E-state index contributed by atoms with van der Waals surface area (Å²) in [5.74, 6) is 2.78. The van der Waals surface area contributed by atoms with E-state index in [1.807, 2.05) is 0 Å². The van der Waals surface area contributed by atoms with Crippen LogP contribution in [0.3, 0.4) is 0 Å². The maximum atomic E-state index is 5.48. The fraction of sp³-hybridized carbons (Fsp3) is 0.952. The summed E-state index contributed by atoms with van der Waals surface area (Å²) in [4.78, 5) is 12.6. The van der Waals surface area contributed by atoms with Crippen LogP contribution in [0.2, 0.25) is 0 Å². The van der Waals surface area contributed by atoms with Crippen molar-refractivity contribution in [3.63, 3.8) is 0 Å². The van der Waals surface area contributed by atoms with E-state index >= 15 is 0 Å². The van der Waals surface area contributed by atoms with E-state index in [9.17, 15) is 0 Å². The van der Waals surface area contributed by atoms with Gasteiger partial charge in [0.1, 0.15) is 0 Å². The number of hydrogen-bond acceptors (Lipinski definition) is 4. The van der Waals surface area contributed by atoms with Crippen molar-refractivity contribution in [3.8, 4) is 0 Å². The van der Waals surface area contributed by atoms with Gasteiger partial charge in [0.15, 0.2) is 5.96 Å². The Kier molecular flexibility index (Phi) is 11.4. The zero-order valence-electron chi connectivity index (χ0n) is 18.1. The first kappa shape index (κ1) is 24.2. The van der Waals surface area contributed by atoms with Crippen LogP contribution in [-0.2, 0) is 4.74 Å². The Bertz CT molecular complexity index is 450. The van der Waals surface area contributed by atoms with Crippen LogP contribution in [0.15, 0.2) is 4.99 Å². The molecular weight excluding hydrogens is 465 g/mol. The Labute approximate surface area is 189 Å². The van der Waals surface area contributed by atoms with Gasteiger partial charge in [-0.15, -0.1) is 24.0 Å². The smallest absolute Gasteiger partial charge is 0.193 e. The van der Waals surface area contributed by atoms with Gasteiger partial charge in [0.25, 0.3) is 0 Å². The van der Waals surface area contributed by atoms with E-state index in [2.05, 4.69) is 33.9 Å². The molecule has 1 atom stereocenters. The summed E-state index contributed by atoms with van der Waals surface area (Å²) in [5, 5.41) is 3.54. The highest BCUT2D eigenvalue weighted by Crippen LogP contribution is 2.21. The number of nitrogens with zero attached hydrogens (tertiary/aromatic N) is 4. The third kappa shape index (κ3) is 7.61. The number of ether oxygens (including phenoxy) is 1. The van der Waals surface area contributed by atoms with Gasteiger partial charge in [-0.05, 0) is 64.1 Å². The van der Waals surface area contributed by atoms with Crippen molar-refractivity contribution >= 4 is 29.9 Å². The molecule has 28 heavy (non-hydrogen) atoms. The summed E-state index contributed by atoms with van der Waals surface area (Å²) in [7, 11) is 0. The predicted octanol–water partition coefficient (Wildman–Crippen LogP) is 2.35. The van der Waals surface area contributed by atoms with Gasteiger partial charge in [0.05, 0.1) is 13.2 Å². The molecule has 0 saturated carbocycles. The third-order valence-electron chi connectivity index (χ3n) is 6.49. The van der Waals surface area contributed by atoms with Crippen molar-refractivity contribution in [2.45, 2.75) is 39.5 Å². The molecule has 0 aliphatic carbocycles. The zero-order chi connectivity index (χ0) is 18.9. The number of aliphatic imine (C=N–C) groups is 1. The van der Waals surface area contributed by atoms with Gasteiger partial charge >= 0.3 is 0 Å². The monoisotopic (exact) mass is 507 g/mol. The second kappa shape index (κ2) is 13.2. The quantitative estimate of drug-likeness (QED) is 0.326. The summed E-state index contributed by atoms with van der Waals surface area (Å²) >= 11 is 0. The van der Waals surface area contributed by atoms with E-state index in [-0.39, 0.29) is 24.0 Å². The van der Waals surface area contributed by atoms with Gasteiger partial charge in [-0.3, -0.25) is 9.89 Å². The lowest BCUT2D eigenvalue weighted by Crippen LogP contribution is -2.42. The summed E-state index contributed by atoms with van der Waals surface area (Å²) in [6.07, 6.45) is 5.24. The van der Waals surface area contributed by atoms with Crippen LogP contribution in [0.5, 0.6) is 0 Å². The maximum absolute atomic E-state index is 5.48. The molecule has 1 unspecified atom stereocenters. The van der Waals surface area contributed by atoms with Crippen LogP contribution >= 0.6 is 24.0 Å². The molecule has 0 aromatic carbocycles. The van der Waals surface area contributed by atoms with E-state index in [0.29, 0.717) is 0 Å². The minimum atomic E-state index is 0. The molecule has 0 spiro atoms. The first-order valence-electron chi connectivity index (χ1n) is 11.3. The van der Waals surface area contributed by atoms with E-state index in [1.165, 1.54) is 51.9 Å². The molecule has 7 heteroatoms. The number of morpholine rings is 1. The van der Waals surface area contributed by atoms with Crippen molar-refractivity contribution < 1.29 is 4.74 Å². The molecule has 3 aliphatic heterocycles. The van der Waals surface area contributed by atoms with Gasteiger partial charge < -0.3 is 19.9 Å². The number of piperidine rings is 1. The van der Waals surface area contributed by atoms with E-state index in [1.54, 1.807) is 0 Å². The summed E-state index contributed by atoms with van der Waals surface area (Å²) in [6.45, 7) is 17.7. The van der Waals surface area contributed by atoms with E-state index < -0.39 is 0 Å². The highest BCUT2D eigenvalue weighted by atomic mass is 127. The van der Waals surface area contributed by atoms with Gasteiger partial charge in [-0.25, -0.2) is 0 Å². The molecular formula is C21H42IN5O. The molecule has 0 aromatic rings. The number of rotatable bonds is 7. The summed E-state index contributed by atoms with van der Waals surface area (Å²) < 4.78 is 5.48. The van der Waals surface area contributed by atoms with Crippen molar-refractivity contribution in [2.24, 2.45) is 16.8 Å². The molecule has 3 saturated heterocycles. The van der Waals surface area contributed by atoms with Gasteiger partial charge in [0.2, 0.25) is 0 Å². The average Bonchev–Trinajstić information content (AvgIpc) is 3.17. The fourth-order valence-electron chi connectivity index (χ4n) is 4.69. The van der Waals surface area contributed by atoms with Crippen LogP contribution in [0, 0.1) is 11.8 Å². The largest absolute Gasteiger partial charge is 0.379 e. The molecule has 0 radical (unpaired) electrons. The first-order valence-corrected chi connectivity index (χ1v) is 11.3.